The number of hydroxylamine groups is 1. The van der Waals surface area contributed by atoms with Crippen LogP contribution in [-0.4, -0.2) is 98.9 Å². The third kappa shape index (κ3) is 7.29. The smallest absolute Gasteiger partial charge is 0.247 e. The van der Waals surface area contributed by atoms with Crippen LogP contribution in [0.4, 0.5) is 28.7 Å². The molecule has 2 N–H and O–H groups in total. The van der Waals surface area contributed by atoms with Crippen LogP contribution in [0.15, 0.2) is 61.4 Å². The van der Waals surface area contributed by atoms with E-state index in [4.69, 9.17) is 14.3 Å². The van der Waals surface area contributed by atoms with Gasteiger partial charge in [0.25, 0.3) is 0 Å². The molecule has 0 radical (unpaired) electrons. The summed E-state index contributed by atoms with van der Waals surface area (Å²) >= 11 is 0. The predicted octanol–water partition coefficient (Wildman–Crippen LogP) is 4.85. The number of hydrogen-bond donors (Lipinski definition) is 2. The summed E-state index contributed by atoms with van der Waals surface area (Å²) in [5, 5.41) is 8.25. The van der Waals surface area contributed by atoms with Crippen molar-refractivity contribution in [2.24, 2.45) is 0 Å². The number of hydrogen-bond acceptors (Lipinski definition) is 11. The van der Waals surface area contributed by atoms with Gasteiger partial charge in [0.05, 0.1) is 43.9 Å². The van der Waals surface area contributed by atoms with Crippen molar-refractivity contribution in [2.45, 2.75) is 43.8 Å². The largest absolute Gasteiger partial charge is 0.497 e. The first-order valence-electron chi connectivity index (χ1n) is 16.3. The molecule has 0 unspecified atom stereocenters. The Morgan fingerprint density at radius 2 is 1.85 bits per heavy atom. The summed E-state index contributed by atoms with van der Waals surface area (Å²) in [4.78, 5) is 34.9. The minimum Gasteiger partial charge on any atom is -0.497 e. The van der Waals surface area contributed by atoms with Gasteiger partial charge >= 0.3 is 0 Å². The second-order valence-electron chi connectivity index (χ2n) is 12.5. The molecule has 3 saturated heterocycles. The van der Waals surface area contributed by atoms with Crippen LogP contribution < -0.4 is 30.1 Å². The number of nitrogens with zero attached hydrogens (tertiary/aromatic N) is 6. The topological polar surface area (TPSA) is 108 Å². The van der Waals surface area contributed by atoms with Gasteiger partial charge in [-0.1, -0.05) is 18.7 Å². The maximum Gasteiger partial charge on any atom is 0.247 e. The van der Waals surface area contributed by atoms with E-state index in [9.17, 15) is 4.79 Å². The minimum absolute atomic E-state index is 0.0218. The predicted molar refractivity (Wildman–Crippen MR) is 185 cm³/mol. The molecule has 0 spiro atoms. The third-order valence-electron chi connectivity index (χ3n) is 9.53. The van der Waals surface area contributed by atoms with Gasteiger partial charge in [0, 0.05) is 56.8 Å². The molecule has 1 amide bonds. The van der Waals surface area contributed by atoms with Crippen LogP contribution in [0.25, 0.3) is 0 Å². The van der Waals surface area contributed by atoms with Gasteiger partial charge in [-0.05, 0) is 63.2 Å². The number of aromatic nitrogens is 2. The molecule has 0 aliphatic carbocycles. The average molecular weight is 643 g/mol. The Balaban J connectivity index is 1.21. The maximum atomic E-state index is 12.6. The molecule has 0 saturated carbocycles. The molecular formula is C35H46N8O4. The summed E-state index contributed by atoms with van der Waals surface area (Å²) in [6.07, 6.45) is 6.96. The first kappa shape index (κ1) is 32.5. The SMILES string of the molecule is C=CC(=O)Nc1cc(Nc2cc(N3OCC[C@@H]3c3cccc(OC)c3)ncn2)c(OC)cc1N1CCC(N2CC[C@@H](N(C)C)C2)CC1. The number of benzene rings is 2. The molecule has 12 heteroatoms. The highest BCUT2D eigenvalue weighted by atomic mass is 16.7. The van der Waals surface area contributed by atoms with Gasteiger partial charge in [0.15, 0.2) is 5.82 Å². The van der Waals surface area contributed by atoms with E-state index in [0.717, 1.165) is 62.4 Å². The molecule has 250 valence electrons. The molecule has 2 aromatic carbocycles. The zero-order valence-electron chi connectivity index (χ0n) is 27.8. The van der Waals surface area contributed by atoms with Crippen molar-refractivity contribution >= 4 is 34.6 Å². The average Bonchev–Trinajstić information content (AvgIpc) is 3.80. The van der Waals surface area contributed by atoms with Crippen LogP contribution in [-0.2, 0) is 9.63 Å². The van der Waals surface area contributed by atoms with Crippen LogP contribution in [0.5, 0.6) is 11.5 Å². The number of piperidine rings is 1. The molecule has 3 aliphatic heterocycles. The molecule has 3 fully saturated rings. The van der Waals surface area contributed by atoms with Crippen molar-refractivity contribution < 1.29 is 19.1 Å². The summed E-state index contributed by atoms with van der Waals surface area (Å²) in [6, 6.07) is 14.9. The number of anilines is 5. The molecule has 0 bridgehead atoms. The summed E-state index contributed by atoms with van der Waals surface area (Å²) in [5.74, 6) is 2.34. The lowest BCUT2D eigenvalue weighted by molar-refractivity contribution is -0.111. The van der Waals surface area contributed by atoms with Crippen molar-refractivity contribution in [3.63, 3.8) is 0 Å². The number of carbonyl (C=O) groups is 1. The van der Waals surface area contributed by atoms with Gasteiger partial charge in [-0.25, -0.2) is 15.0 Å². The Morgan fingerprint density at radius 1 is 1.02 bits per heavy atom. The highest BCUT2D eigenvalue weighted by Crippen LogP contribution is 2.41. The quantitative estimate of drug-likeness (QED) is 0.281. The number of likely N-dealkylation sites (tertiary alicyclic amines) is 1. The number of amides is 1. The van der Waals surface area contributed by atoms with Crippen molar-refractivity contribution in [3.8, 4) is 11.5 Å². The van der Waals surface area contributed by atoms with E-state index in [1.165, 1.54) is 18.8 Å². The van der Waals surface area contributed by atoms with E-state index in [-0.39, 0.29) is 11.9 Å². The number of carbonyl (C=O) groups excluding carboxylic acids is 1. The molecular weight excluding hydrogens is 596 g/mol. The van der Waals surface area contributed by atoms with E-state index in [2.05, 4.69) is 62.0 Å². The van der Waals surface area contributed by atoms with E-state index < -0.39 is 0 Å². The molecule has 6 rings (SSSR count). The lowest BCUT2D eigenvalue weighted by atomic mass is 10.0. The number of likely N-dealkylation sites (N-methyl/N-ethyl adjacent to an activating group) is 1. The van der Waals surface area contributed by atoms with Gasteiger partial charge in [-0.2, -0.15) is 0 Å². The van der Waals surface area contributed by atoms with Gasteiger partial charge in [-0.3, -0.25) is 14.5 Å². The van der Waals surface area contributed by atoms with Crippen LogP contribution >= 0.6 is 0 Å². The Morgan fingerprint density at radius 3 is 2.57 bits per heavy atom. The fraction of sp³-hybridized carbons (Fsp3) is 0.457. The Bertz CT molecular complexity index is 1560. The molecule has 3 aromatic rings. The zero-order chi connectivity index (χ0) is 32.9. The lowest BCUT2D eigenvalue weighted by Gasteiger charge is -2.39. The summed E-state index contributed by atoms with van der Waals surface area (Å²) in [7, 11) is 7.66. The fourth-order valence-corrected chi connectivity index (χ4v) is 6.89. The zero-order valence-corrected chi connectivity index (χ0v) is 27.8. The summed E-state index contributed by atoms with van der Waals surface area (Å²) in [5.41, 5.74) is 3.34. The molecule has 12 nitrogen and oxygen atoms in total. The van der Waals surface area contributed by atoms with E-state index in [1.54, 1.807) is 14.2 Å². The van der Waals surface area contributed by atoms with Crippen molar-refractivity contribution in [3.05, 3.63) is 67.0 Å². The molecule has 47 heavy (non-hydrogen) atoms. The van der Waals surface area contributed by atoms with Crippen molar-refractivity contribution in [1.29, 1.82) is 0 Å². The second-order valence-corrected chi connectivity index (χ2v) is 12.5. The van der Waals surface area contributed by atoms with Gasteiger partial charge < -0.3 is 29.9 Å². The first-order valence-corrected chi connectivity index (χ1v) is 16.3. The van der Waals surface area contributed by atoms with Gasteiger partial charge in [-0.15, -0.1) is 0 Å². The lowest BCUT2D eigenvalue weighted by Crippen LogP contribution is -2.45. The molecule has 3 aliphatic rings. The molecule has 2 atom stereocenters. The standard InChI is InChI=1S/C35H46N8O4/c1-6-35(44)39-28-19-29(32(46-5)20-31(28)41-14-10-25(11-15-41)42-16-12-26(22-42)40(2)3)38-33-21-34(37-23-36-33)43-30(13-17-47-43)24-8-7-9-27(18-24)45-4/h6-9,18-21,23,25-26,30H,1,10-17,22H2,2-5H3,(H,39,44)(H,36,37,38)/t26-,30-/m1/s1. The molecule has 1 aromatic heterocycles. The number of methoxy groups -OCH3 is 2. The van der Waals surface area contributed by atoms with Crippen LogP contribution in [0.3, 0.4) is 0 Å². The highest BCUT2D eigenvalue weighted by Gasteiger charge is 2.33. The second kappa shape index (κ2) is 14.6. The summed E-state index contributed by atoms with van der Waals surface area (Å²) in [6.45, 7) is 8.29. The maximum absolute atomic E-state index is 12.6. The van der Waals surface area contributed by atoms with Gasteiger partial charge in [0.2, 0.25) is 5.91 Å². The van der Waals surface area contributed by atoms with E-state index >= 15 is 0 Å². The van der Waals surface area contributed by atoms with Crippen molar-refractivity contribution in [1.82, 2.24) is 19.8 Å². The van der Waals surface area contributed by atoms with Crippen LogP contribution in [0.1, 0.15) is 37.3 Å². The van der Waals surface area contributed by atoms with Gasteiger partial charge in [0.1, 0.15) is 23.6 Å². The monoisotopic (exact) mass is 642 g/mol. The number of rotatable bonds is 11. The van der Waals surface area contributed by atoms with Crippen LogP contribution in [0.2, 0.25) is 0 Å². The highest BCUT2D eigenvalue weighted by molar-refractivity contribution is 6.02. The minimum atomic E-state index is -0.275. The number of nitrogens with one attached hydrogen (secondary N) is 2. The normalized spacial score (nSPS) is 20.4. The fourth-order valence-electron chi connectivity index (χ4n) is 6.89. The van der Waals surface area contributed by atoms with Crippen LogP contribution in [0, 0.1) is 0 Å². The van der Waals surface area contributed by atoms with E-state index in [0.29, 0.717) is 47.5 Å². The Kier molecular flexibility index (Phi) is 10.1. The molecule has 4 heterocycles. The Hall–Kier alpha value is -4.39. The summed E-state index contributed by atoms with van der Waals surface area (Å²) < 4.78 is 11.3. The van der Waals surface area contributed by atoms with E-state index in [1.807, 2.05) is 41.5 Å². The number of ether oxygens (including phenoxy) is 2. The van der Waals surface area contributed by atoms with Crippen molar-refractivity contribution in [2.75, 3.05) is 81.7 Å². The first-order chi connectivity index (χ1) is 22.9. The third-order valence-corrected chi connectivity index (χ3v) is 9.53. The Labute approximate surface area is 277 Å².